The quantitative estimate of drug-likeness (QED) is 0.474. The van der Waals surface area contributed by atoms with Gasteiger partial charge in [-0.25, -0.2) is 4.99 Å². The van der Waals surface area contributed by atoms with Gasteiger partial charge in [0.1, 0.15) is 6.17 Å². The fourth-order valence-corrected chi connectivity index (χ4v) is 0.496. The predicted molar refractivity (Wildman–Crippen MR) is 26.8 cm³/mol. The molecule has 1 heterocycles. The molecule has 1 rings (SSSR count). The van der Waals surface area contributed by atoms with Crippen LogP contribution in [0.4, 0.5) is 0 Å². The number of nitrogens with one attached hydrogen (secondary N) is 1. The molecule has 0 fully saturated rings. The van der Waals surface area contributed by atoms with Crippen LogP contribution in [0.3, 0.4) is 0 Å². The van der Waals surface area contributed by atoms with Crippen LogP contribution in [-0.2, 0) is 4.84 Å². The average Bonchev–Trinajstić information content (AvgIpc) is 1.87. The monoisotopic (exact) mass is 100 g/mol. The van der Waals surface area contributed by atoms with E-state index in [1.165, 1.54) is 0 Å². The summed E-state index contributed by atoms with van der Waals surface area (Å²) in [6, 6.07) is 0. The number of hydroxylamine groups is 1. The van der Waals surface area contributed by atoms with E-state index in [0.717, 1.165) is 0 Å². The lowest BCUT2D eigenvalue weighted by Gasteiger charge is -1.93. The third-order valence-electron chi connectivity index (χ3n) is 0.753. The number of rotatable bonds is 0. The number of nitrogens with zero attached hydrogens (tertiary/aromatic N) is 1. The molecular formula is C4H8N2O. The Morgan fingerprint density at radius 2 is 2.57 bits per heavy atom. The highest BCUT2D eigenvalue weighted by Crippen LogP contribution is 1.94. The topological polar surface area (TPSA) is 33.6 Å². The zero-order valence-electron chi connectivity index (χ0n) is 4.43. The summed E-state index contributed by atoms with van der Waals surface area (Å²) in [7, 11) is 0. The molecule has 0 aromatic rings. The van der Waals surface area contributed by atoms with Gasteiger partial charge in [0.2, 0.25) is 5.90 Å². The third kappa shape index (κ3) is 0.899. The summed E-state index contributed by atoms with van der Waals surface area (Å²) in [6.45, 7) is 3.74. The molecule has 1 aliphatic rings. The zero-order valence-corrected chi connectivity index (χ0v) is 4.43. The van der Waals surface area contributed by atoms with Crippen LogP contribution in [0.15, 0.2) is 4.99 Å². The Morgan fingerprint density at radius 3 is 2.71 bits per heavy atom. The average molecular weight is 100 g/mol. The van der Waals surface area contributed by atoms with Gasteiger partial charge in [-0.1, -0.05) is 0 Å². The molecule has 1 N–H and O–H groups in total. The molecule has 1 unspecified atom stereocenters. The minimum Gasteiger partial charge on any atom is -0.392 e. The van der Waals surface area contributed by atoms with Gasteiger partial charge in [-0.2, -0.15) is 0 Å². The summed E-state index contributed by atoms with van der Waals surface area (Å²) in [5.74, 6) is 0.715. The van der Waals surface area contributed by atoms with Gasteiger partial charge in [-0.05, 0) is 6.92 Å². The molecule has 0 aromatic heterocycles. The van der Waals surface area contributed by atoms with E-state index in [1.807, 2.05) is 13.8 Å². The second-order valence-corrected chi connectivity index (χ2v) is 1.54. The van der Waals surface area contributed by atoms with Crippen LogP contribution >= 0.6 is 0 Å². The predicted octanol–water partition coefficient (Wildman–Crippen LogP) is 0.286. The maximum Gasteiger partial charge on any atom is 0.207 e. The summed E-state index contributed by atoms with van der Waals surface area (Å²) in [6.07, 6.45) is 0.139. The van der Waals surface area contributed by atoms with Crippen LogP contribution in [0.5, 0.6) is 0 Å². The number of hydrogen-bond acceptors (Lipinski definition) is 3. The normalized spacial score (nSPS) is 29.4. The first-order chi connectivity index (χ1) is 3.29. The van der Waals surface area contributed by atoms with Crippen molar-refractivity contribution >= 4 is 5.90 Å². The zero-order chi connectivity index (χ0) is 5.28. The lowest BCUT2D eigenvalue weighted by Crippen LogP contribution is -2.16. The van der Waals surface area contributed by atoms with Crippen LogP contribution in [0.1, 0.15) is 13.8 Å². The van der Waals surface area contributed by atoms with Gasteiger partial charge in [0.25, 0.3) is 0 Å². The Balaban J connectivity index is 2.50. The van der Waals surface area contributed by atoms with E-state index >= 15 is 0 Å². The second-order valence-electron chi connectivity index (χ2n) is 1.54. The summed E-state index contributed by atoms with van der Waals surface area (Å²) in [5, 5.41) is 0. The second kappa shape index (κ2) is 1.50. The molecule has 1 aliphatic heterocycles. The van der Waals surface area contributed by atoms with Gasteiger partial charge < -0.3 is 4.84 Å². The Kier molecular flexibility index (Phi) is 0.982. The van der Waals surface area contributed by atoms with Crippen molar-refractivity contribution in [2.24, 2.45) is 4.99 Å². The summed E-state index contributed by atoms with van der Waals surface area (Å²) < 4.78 is 0. The first-order valence-corrected chi connectivity index (χ1v) is 2.26. The van der Waals surface area contributed by atoms with E-state index in [0.29, 0.717) is 5.90 Å². The van der Waals surface area contributed by atoms with Crippen LogP contribution < -0.4 is 5.48 Å². The van der Waals surface area contributed by atoms with Crippen LogP contribution in [0.2, 0.25) is 0 Å². The molecule has 7 heavy (non-hydrogen) atoms. The van der Waals surface area contributed by atoms with Crippen molar-refractivity contribution in [3.8, 4) is 0 Å². The minimum absolute atomic E-state index is 0.139. The van der Waals surface area contributed by atoms with Crippen molar-refractivity contribution in [2.75, 3.05) is 0 Å². The van der Waals surface area contributed by atoms with E-state index in [-0.39, 0.29) is 6.17 Å². The molecule has 3 nitrogen and oxygen atoms in total. The molecule has 0 amide bonds. The van der Waals surface area contributed by atoms with Crippen molar-refractivity contribution < 1.29 is 4.84 Å². The molecule has 40 valence electrons. The molecule has 0 aliphatic carbocycles. The van der Waals surface area contributed by atoms with Gasteiger partial charge in [-0.15, -0.1) is 5.48 Å². The molecular weight excluding hydrogens is 92.1 g/mol. The van der Waals surface area contributed by atoms with Gasteiger partial charge in [0, 0.05) is 6.92 Å². The highest BCUT2D eigenvalue weighted by Gasteiger charge is 2.06. The maximum atomic E-state index is 4.77. The number of hydrogen-bond donors (Lipinski definition) is 1. The molecule has 0 bridgehead atoms. The Labute approximate surface area is 42.3 Å². The van der Waals surface area contributed by atoms with Crippen molar-refractivity contribution in [3.63, 3.8) is 0 Å². The largest absolute Gasteiger partial charge is 0.392 e. The van der Waals surface area contributed by atoms with E-state index in [1.54, 1.807) is 0 Å². The molecule has 0 aromatic carbocycles. The van der Waals surface area contributed by atoms with Gasteiger partial charge >= 0.3 is 0 Å². The highest BCUT2D eigenvalue weighted by molar-refractivity contribution is 5.73. The number of aliphatic imine (C=N–C) groups is 1. The fraction of sp³-hybridized carbons (Fsp3) is 0.750. The van der Waals surface area contributed by atoms with Gasteiger partial charge in [-0.3, -0.25) is 0 Å². The van der Waals surface area contributed by atoms with Crippen LogP contribution in [0, 0.1) is 0 Å². The molecule has 0 saturated heterocycles. The first-order valence-electron chi connectivity index (χ1n) is 2.26. The van der Waals surface area contributed by atoms with E-state index in [9.17, 15) is 0 Å². The van der Waals surface area contributed by atoms with E-state index in [4.69, 9.17) is 4.84 Å². The lowest BCUT2D eigenvalue weighted by atomic mass is 10.6. The van der Waals surface area contributed by atoms with Crippen LogP contribution in [0.25, 0.3) is 0 Å². The summed E-state index contributed by atoms with van der Waals surface area (Å²) in [5.41, 5.74) is 2.67. The lowest BCUT2D eigenvalue weighted by molar-refractivity contribution is 0.184. The molecule has 0 saturated carbocycles. The summed E-state index contributed by atoms with van der Waals surface area (Å²) >= 11 is 0. The van der Waals surface area contributed by atoms with Crippen molar-refractivity contribution in [1.82, 2.24) is 5.48 Å². The standard InChI is InChI=1S/C4H8N2O/c1-3-5-4(2)7-6-3/h3,6H,1-2H3. The van der Waals surface area contributed by atoms with Crippen molar-refractivity contribution in [2.45, 2.75) is 20.0 Å². The Bertz CT molecular complexity index is 99.9. The SMILES string of the molecule is CC1=NC(C)NO1. The molecule has 3 heteroatoms. The van der Waals surface area contributed by atoms with Crippen LogP contribution in [-0.4, -0.2) is 12.1 Å². The third-order valence-corrected chi connectivity index (χ3v) is 0.753. The van der Waals surface area contributed by atoms with E-state index < -0.39 is 0 Å². The minimum atomic E-state index is 0.139. The van der Waals surface area contributed by atoms with Gasteiger partial charge in [0.15, 0.2) is 0 Å². The molecule has 0 radical (unpaired) electrons. The van der Waals surface area contributed by atoms with Crippen molar-refractivity contribution in [1.29, 1.82) is 0 Å². The Hall–Kier alpha value is -0.570. The summed E-state index contributed by atoms with van der Waals surface area (Å²) in [4.78, 5) is 8.74. The smallest absolute Gasteiger partial charge is 0.207 e. The Morgan fingerprint density at radius 1 is 1.86 bits per heavy atom. The fourth-order valence-electron chi connectivity index (χ4n) is 0.496. The molecule has 1 atom stereocenters. The van der Waals surface area contributed by atoms with Crippen molar-refractivity contribution in [3.05, 3.63) is 0 Å². The van der Waals surface area contributed by atoms with E-state index in [2.05, 4.69) is 10.5 Å². The van der Waals surface area contributed by atoms with Gasteiger partial charge in [0.05, 0.1) is 0 Å². The highest BCUT2D eigenvalue weighted by atomic mass is 16.7. The maximum absolute atomic E-state index is 4.77. The molecule has 0 spiro atoms. The first kappa shape index (κ1) is 4.59.